The van der Waals surface area contributed by atoms with Gasteiger partial charge in [0.15, 0.2) is 0 Å². The zero-order valence-electron chi connectivity index (χ0n) is 11.4. The molecule has 0 unspecified atom stereocenters. The fraction of sp³-hybridized carbons (Fsp3) is 0.692. The maximum Gasteiger partial charge on any atom is 0.287 e. The van der Waals surface area contributed by atoms with Crippen molar-refractivity contribution in [2.75, 3.05) is 18.1 Å². The number of anilines is 1. The lowest BCUT2D eigenvalue weighted by Gasteiger charge is -2.15. The van der Waals surface area contributed by atoms with Crippen molar-refractivity contribution in [1.82, 2.24) is 9.78 Å². The van der Waals surface area contributed by atoms with Gasteiger partial charge in [-0.05, 0) is 25.5 Å². The van der Waals surface area contributed by atoms with E-state index in [1.165, 1.54) is 17.5 Å². The molecule has 1 aliphatic carbocycles. The van der Waals surface area contributed by atoms with Crippen molar-refractivity contribution in [2.45, 2.75) is 43.9 Å². The number of nitrogens with zero attached hydrogens (tertiary/aromatic N) is 2. The van der Waals surface area contributed by atoms with E-state index in [-0.39, 0.29) is 10.6 Å². The fourth-order valence-corrected chi connectivity index (χ4v) is 2.84. The zero-order chi connectivity index (χ0) is 13.9. The number of thioether (sulfide) groups is 1. The zero-order valence-corrected chi connectivity index (χ0v) is 13.0. The molecule has 0 aliphatic heterocycles. The van der Waals surface area contributed by atoms with Gasteiger partial charge < -0.3 is 5.32 Å². The maximum atomic E-state index is 12.0. The Morgan fingerprint density at radius 1 is 1.58 bits per heavy atom. The lowest BCUT2D eigenvalue weighted by molar-refractivity contribution is 0.543. The van der Waals surface area contributed by atoms with Crippen LogP contribution in [0.3, 0.4) is 0 Å². The molecule has 0 spiro atoms. The Morgan fingerprint density at radius 2 is 2.32 bits per heavy atom. The molecule has 6 heteroatoms. The van der Waals surface area contributed by atoms with Crippen molar-refractivity contribution in [3.63, 3.8) is 0 Å². The van der Waals surface area contributed by atoms with E-state index in [2.05, 4.69) is 23.6 Å². The summed E-state index contributed by atoms with van der Waals surface area (Å²) < 4.78 is 1.78. The first-order chi connectivity index (χ1) is 9.12. The molecule has 1 saturated carbocycles. The van der Waals surface area contributed by atoms with Gasteiger partial charge in [0.25, 0.3) is 5.56 Å². The molecule has 1 aliphatic rings. The first-order valence-corrected chi connectivity index (χ1v) is 8.27. The standard InChI is InChI=1S/C13H20ClN3OS/c1-3-4-7-17-12(18)11(14)10(8-16-17)15-9-13(19-2)5-6-13/h8,15H,3-7,9H2,1-2H3. The Balaban J connectivity index is 2.06. The van der Waals surface area contributed by atoms with Gasteiger partial charge in [-0.1, -0.05) is 24.9 Å². The number of rotatable bonds is 7. The van der Waals surface area contributed by atoms with Gasteiger partial charge in [-0.3, -0.25) is 4.79 Å². The molecule has 1 fully saturated rings. The van der Waals surface area contributed by atoms with Crippen molar-refractivity contribution in [3.8, 4) is 0 Å². The van der Waals surface area contributed by atoms with E-state index in [1.54, 1.807) is 6.20 Å². The molecule has 0 bridgehead atoms. The Labute approximate surface area is 122 Å². The van der Waals surface area contributed by atoms with Gasteiger partial charge in [-0.2, -0.15) is 16.9 Å². The maximum absolute atomic E-state index is 12.0. The van der Waals surface area contributed by atoms with Crippen molar-refractivity contribution in [2.24, 2.45) is 0 Å². The number of hydrogen-bond acceptors (Lipinski definition) is 4. The second kappa shape index (κ2) is 6.18. The summed E-state index contributed by atoms with van der Waals surface area (Å²) >= 11 is 8.00. The molecule has 1 aromatic heterocycles. The van der Waals surface area contributed by atoms with Crippen LogP contribution in [-0.2, 0) is 6.54 Å². The summed E-state index contributed by atoms with van der Waals surface area (Å²) in [7, 11) is 0. The number of unbranched alkanes of at least 4 members (excludes halogenated alkanes) is 1. The molecule has 19 heavy (non-hydrogen) atoms. The third-order valence-corrected chi connectivity index (χ3v) is 5.33. The summed E-state index contributed by atoms with van der Waals surface area (Å²) in [5.41, 5.74) is 0.453. The number of hydrogen-bond donors (Lipinski definition) is 1. The van der Waals surface area contributed by atoms with Crippen molar-refractivity contribution >= 4 is 29.1 Å². The van der Waals surface area contributed by atoms with Crippen LogP contribution >= 0.6 is 23.4 Å². The first kappa shape index (κ1) is 14.7. The highest BCUT2D eigenvalue weighted by molar-refractivity contribution is 8.00. The van der Waals surface area contributed by atoms with Gasteiger partial charge in [0, 0.05) is 17.8 Å². The lowest BCUT2D eigenvalue weighted by atomic mass is 10.3. The van der Waals surface area contributed by atoms with Crippen LogP contribution < -0.4 is 10.9 Å². The van der Waals surface area contributed by atoms with Crippen LogP contribution in [-0.4, -0.2) is 27.3 Å². The van der Waals surface area contributed by atoms with Crippen molar-refractivity contribution < 1.29 is 0 Å². The van der Waals surface area contributed by atoms with Crippen LogP contribution in [0.4, 0.5) is 5.69 Å². The summed E-state index contributed by atoms with van der Waals surface area (Å²) in [6.07, 6.45) is 8.19. The molecule has 1 heterocycles. The monoisotopic (exact) mass is 301 g/mol. The molecule has 1 aromatic rings. The van der Waals surface area contributed by atoms with Gasteiger partial charge in [-0.15, -0.1) is 0 Å². The number of halogens is 1. The second-order valence-corrected chi connectivity index (χ2v) is 6.65. The molecular weight excluding hydrogens is 282 g/mol. The number of aromatic nitrogens is 2. The summed E-state index contributed by atoms with van der Waals surface area (Å²) in [5.74, 6) is 0. The fourth-order valence-electron chi connectivity index (χ4n) is 1.90. The number of aryl methyl sites for hydroxylation is 1. The molecule has 2 rings (SSSR count). The van der Waals surface area contributed by atoms with Crippen LogP contribution in [0.25, 0.3) is 0 Å². The average Bonchev–Trinajstić information content (AvgIpc) is 3.20. The third kappa shape index (κ3) is 3.45. The van der Waals surface area contributed by atoms with E-state index in [0.717, 1.165) is 19.4 Å². The largest absolute Gasteiger partial charge is 0.381 e. The molecule has 106 valence electrons. The van der Waals surface area contributed by atoms with Gasteiger partial charge in [-0.25, -0.2) is 4.68 Å². The van der Waals surface area contributed by atoms with Crippen LogP contribution in [0.15, 0.2) is 11.0 Å². The second-order valence-electron chi connectivity index (χ2n) is 4.99. The summed E-state index contributed by atoms with van der Waals surface area (Å²) in [6, 6.07) is 0. The Hall–Kier alpha value is -0.680. The molecule has 1 N–H and O–H groups in total. The van der Waals surface area contributed by atoms with Crippen LogP contribution in [0, 0.1) is 0 Å². The lowest BCUT2D eigenvalue weighted by Crippen LogP contribution is -2.26. The molecule has 0 atom stereocenters. The normalized spacial score (nSPS) is 16.4. The predicted molar refractivity (Wildman–Crippen MR) is 82.4 cm³/mol. The minimum absolute atomic E-state index is 0.200. The molecule has 0 amide bonds. The minimum atomic E-state index is -0.200. The SMILES string of the molecule is CCCCn1ncc(NCC2(SC)CC2)c(Cl)c1=O. The highest BCUT2D eigenvalue weighted by Crippen LogP contribution is 2.47. The third-order valence-electron chi connectivity index (χ3n) is 3.55. The van der Waals surface area contributed by atoms with Gasteiger partial charge in [0.1, 0.15) is 5.02 Å². The number of nitrogens with one attached hydrogen (secondary N) is 1. The summed E-state index contributed by atoms with van der Waals surface area (Å²) in [6.45, 7) is 3.55. The van der Waals surface area contributed by atoms with E-state index in [0.29, 0.717) is 17.0 Å². The van der Waals surface area contributed by atoms with Crippen LogP contribution in [0.2, 0.25) is 5.02 Å². The molecule has 4 nitrogen and oxygen atoms in total. The van der Waals surface area contributed by atoms with Gasteiger partial charge in [0.05, 0.1) is 11.9 Å². The molecule has 0 saturated heterocycles. The van der Waals surface area contributed by atoms with Crippen molar-refractivity contribution in [1.29, 1.82) is 0 Å². The molecule has 0 radical (unpaired) electrons. The smallest absolute Gasteiger partial charge is 0.287 e. The van der Waals surface area contributed by atoms with E-state index >= 15 is 0 Å². The van der Waals surface area contributed by atoms with Crippen LogP contribution in [0.1, 0.15) is 32.6 Å². The minimum Gasteiger partial charge on any atom is -0.381 e. The van der Waals surface area contributed by atoms with E-state index in [4.69, 9.17) is 11.6 Å². The van der Waals surface area contributed by atoms with Crippen molar-refractivity contribution in [3.05, 3.63) is 21.6 Å². The van der Waals surface area contributed by atoms with Gasteiger partial charge >= 0.3 is 0 Å². The Bertz CT molecular complexity index is 499. The van der Waals surface area contributed by atoms with Crippen LogP contribution in [0.5, 0.6) is 0 Å². The molecular formula is C13H20ClN3OS. The Morgan fingerprint density at radius 3 is 2.89 bits per heavy atom. The quantitative estimate of drug-likeness (QED) is 0.841. The highest BCUT2D eigenvalue weighted by atomic mass is 35.5. The first-order valence-electron chi connectivity index (χ1n) is 6.66. The van der Waals surface area contributed by atoms with E-state index in [1.807, 2.05) is 11.8 Å². The van der Waals surface area contributed by atoms with E-state index in [9.17, 15) is 4.79 Å². The van der Waals surface area contributed by atoms with Gasteiger partial charge in [0.2, 0.25) is 0 Å². The predicted octanol–water partition coefficient (Wildman–Crippen LogP) is 3.00. The Kier molecular flexibility index (Phi) is 4.79. The summed E-state index contributed by atoms with van der Waals surface area (Å²) in [4.78, 5) is 12.0. The average molecular weight is 302 g/mol. The summed E-state index contributed by atoms with van der Waals surface area (Å²) in [5, 5.41) is 7.69. The topological polar surface area (TPSA) is 46.9 Å². The highest BCUT2D eigenvalue weighted by Gasteiger charge is 2.41. The van der Waals surface area contributed by atoms with E-state index < -0.39 is 0 Å². The molecule has 0 aromatic carbocycles.